The molecule has 2 rings (SSSR count). The fraction of sp³-hybridized carbons (Fsp3) is 0. The fourth-order valence-corrected chi connectivity index (χ4v) is 2.98. The maximum atomic E-state index is 14.0. The van der Waals surface area contributed by atoms with E-state index < -0.39 is 27.5 Å². The summed E-state index contributed by atoms with van der Waals surface area (Å²) in [5.41, 5.74) is -0.396. The van der Waals surface area contributed by atoms with E-state index in [2.05, 4.69) is 27.9 Å². The molecule has 0 bridgehead atoms. The van der Waals surface area contributed by atoms with Crippen LogP contribution in [0.15, 0.2) is 30.3 Å². The summed E-state index contributed by atoms with van der Waals surface area (Å²) in [5.74, 6) is -2.64. The summed E-state index contributed by atoms with van der Waals surface area (Å²) in [6.07, 6.45) is 0. The summed E-state index contributed by atoms with van der Waals surface area (Å²) in [6, 6.07) is 7.21. The Bertz CT molecular complexity index is 833. The molecule has 0 saturated heterocycles. The Morgan fingerprint density at radius 2 is 1.59 bits per heavy atom. The fourth-order valence-electron chi connectivity index (χ4n) is 1.61. The lowest BCUT2D eigenvalue weighted by atomic mass is 10.2. The molecule has 118 valence electrons. The van der Waals surface area contributed by atoms with Gasteiger partial charge in [-0.2, -0.15) is 8.42 Å². The largest absolute Gasteiger partial charge is 0.352 e. The molecule has 0 aliphatic heterocycles. The zero-order valence-corrected chi connectivity index (χ0v) is 14.4. The third-order valence-electron chi connectivity index (χ3n) is 2.53. The van der Waals surface area contributed by atoms with Crippen molar-refractivity contribution < 1.29 is 17.2 Å². The van der Waals surface area contributed by atoms with Crippen molar-refractivity contribution in [3.8, 4) is 0 Å². The van der Waals surface area contributed by atoms with Crippen LogP contribution in [0.2, 0.25) is 5.02 Å². The Hall–Kier alpha value is -1.17. The van der Waals surface area contributed by atoms with Gasteiger partial charge in [0, 0.05) is 3.57 Å². The Kier molecular flexibility index (Phi) is 5.10. The van der Waals surface area contributed by atoms with Crippen LogP contribution in [0.5, 0.6) is 0 Å². The highest BCUT2D eigenvalue weighted by atomic mass is 127. The second kappa shape index (κ2) is 6.52. The van der Waals surface area contributed by atoms with Gasteiger partial charge in [0.15, 0.2) is 11.6 Å². The molecule has 2 aromatic rings. The third-order valence-corrected chi connectivity index (χ3v) is 4.02. The molecule has 0 amide bonds. The van der Waals surface area contributed by atoms with Crippen LogP contribution in [-0.2, 0) is 10.2 Å². The van der Waals surface area contributed by atoms with Gasteiger partial charge in [-0.25, -0.2) is 13.9 Å². The van der Waals surface area contributed by atoms with E-state index in [-0.39, 0.29) is 5.69 Å². The quantitative estimate of drug-likeness (QED) is 0.611. The molecule has 0 spiro atoms. The molecule has 22 heavy (non-hydrogen) atoms. The maximum absolute atomic E-state index is 14.0. The lowest BCUT2D eigenvalue weighted by Crippen LogP contribution is -2.22. The van der Waals surface area contributed by atoms with Gasteiger partial charge in [-0.15, -0.1) is 0 Å². The zero-order valence-electron chi connectivity index (χ0n) is 10.7. The number of anilines is 3. The number of halogens is 4. The van der Waals surface area contributed by atoms with Crippen LogP contribution >= 0.6 is 34.2 Å². The molecule has 0 aromatic heterocycles. The molecular formula is C12H9ClF2IN3O2S. The molecule has 2 aromatic carbocycles. The van der Waals surface area contributed by atoms with Crippen molar-refractivity contribution in [2.75, 3.05) is 10.0 Å². The van der Waals surface area contributed by atoms with Crippen LogP contribution in [0.3, 0.4) is 0 Å². The Morgan fingerprint density at radius 1 is 1.05 bits per heavy atom. The van der Waals surface area contributed by atoms with Gasteiger partial charge < -0.3 is 5.32 Å². The number of benzene rings is 2. The summed E-state index contributed by atoms with van der Waals surface area (Å²) in [5, 5.41) is 7.69. The van der Waals surface area contributed by atoms with Gasteiger partial charge in [0.1, 0.15) is 0 Å². The highest BCUT2D eigenvalue weighted by Crippen LogP contribution is 2.31. The van der Waals surface area contributed by atoms with E-state index in [0.717, 1.165) is 9.64 Å². The van der Waals surface area contributed by atoms with Crippen molar-refractivity contribution >= 4 is 61.5 Å². The van der Waals surface area contributed by atoms with E-state index in [1.165, 1.54) is 6.07 Å². The summed E-state index contributed by atoms with van der Waals surface area (Å²) in [4.78, 5) is 0. The summed E-state index contributed by atoms with van der Waals surface area (Å²) >= 11 is 8.06. The SMILES string of the molecule is NS(=O)(=O)Nc1ccc(Nc2ccc(I)cc2Cl)c(F)c1F. The second-order valence-corrected chi connectivity index (χ2v) is 7.13. The predicted octanol–water partition coefficient (Wildman–Crippen LogP) is 3.58. The van der Waals surface area contributed by atoms with Crippen LogP contribution in [0.25, 0.3) is 0 Å². The van der Waals surface area contributed by atoms with Crippen LogP contribution in [0.1, 0.15) is 0 Å². The van der Waals surface area contributed by atoms with Gasteiger partial charge >= 0.3 is 0 Å². The highest BCUT2D eigenvalue weighted by molar-refractivity contribution is 14.1. The number of hydrogen-bond donors (Lipinski definition) is 3. The molecule has 0 heterocycles. The Morgan fingerprint density at radius 3 is 2.18 bits per heavy atom. The molecule has 0 fully saturated rings. The third kappa shape index (κ3) is 4.18. The average Bonchev–Trinajstić information content (AvgIpc) is 2.40. The van der Waals surface area contributed by atoms with Crippen LogP contribution in [0, 0.1) is 15.2 Å². The molecule has 0 unspecified atom stereocenters. The molecule has 0 radical (unpaired) electrons. The van der Waals surface area contributed by atoms with E-state index in [1.54, 1.807) is 22.9 Å². The number of nitrogens with two attached hydrogens (primary N) is 1. The van der Waals surface area contributed by atoms with Crippen molar-refractivity contribution in [1.82, 2.24) is 0 Å². The Labute approximate surface area is 144 Å². The second-order valence-electron chi connectivity index (χ2n) is 4.18. The predicted molar refractivity (Wildman–Crippen MR) is 90.5 cm³/mol. The van der Waals surface area contributed by atoms with E-state index in [4.69, 9.17) is 16.7 Å². The van der Waals surface area contributed by atoms with Gasteiger partial charge in [0.2, 0.25) is 0 Å². The summed E-state index contributed by atoms with van der Waals surface area (Å²) < 4.78 is 52.1. The smallest absolute Gasteiger partial charge is 0.296 e. The molecule has 0 aliphatic rings. The molecule has 10 heteroatoms. The van der Waals surface area contributed by atoms with Crippen LogP contribution in [0.4, 0.5) is 25.8 Å². The number of rotatable bonds is 4. The van der Waals surface area contributed by atoms with Crippen LogP contribution in [-0.4, -0.2) is 8.42 Å². The van der Waals surface area contributed by atoms with Crippen molar-refractivity contribution in [3.63, 3.8) is 0 Å². The molecule has 0 aliphatic carbocycles. The van der Waals surface area contributed by atoms with E-state index >= 15 is 0 Å². The summed E-state index contributed by atoms with van der Waals surface area (Å²) in [6.45, 7) is 0. The minimum atomic E-state index is -4.20. The minimum Gasteiger partial charge on any atom is -0.352 e. The van der Waals surface area contributed by atoms with Gasteiger partial charge in [0.25, 0.3) is 10.2 Å². The minimum absolute atomic E-state index is 0.194. The lowest BCUT2D eigenvalue weighted by Gasteiger charge is -2.12. The van der Waals surface area contributed by atoms with Crippen molar-refractivity contribution in [1.29, 1.82) is 0 Å². The van der Waals surface area contributed by atoms with E-state index in [0.29, 0.717) is 10.7 Å². The first-order valence-corrected chi connectivity index (χ1v) is 8.68. The van der Waals surface area contributed by atoms with Crippen molar-refractivity contribution in [2.45, 2.75) is 0 Å². The Balaban J connectivity index is 2.35. The monoisotopic (exact) mass is 459 g/mol. The molecule has 5 nitrogen and oxygen atoms in total. The lowest BCUT2D eigenvalue weighted by molar-refractivity contribution is 0.514. The van der Waals surface area contributed by atoms with Crippen LogP contribution < -0.4 is 15.2 Å². The van der Waals surface area contributed by atoms with Crippen molar-refractivity contribution in [2.24, 2.45) is 5.14 Å². The van der Waals surface area contributed by atoms with E-state index in [1.807, 2.05) is 0 Å². The van der Waals surface area contributed by atoms with Gasteiger partial charge in [-0.3, -0.25) is 4.72 Å². The van der Waals surface area contributed by atoms with Gasteiger partial charge in [0.05, 0.1) is 22.1 Å². The van der Waals surface area contributed by atoms with Gasteiger partial charge in [-0.1, -0.05) is 11.6 Å². The normalized spacial score (nSPS) is 11.3. The molecular weight excluding hydrogens is 451 g/mol. The van der Waals surface area contributed by atoms with Gasteiger partial charge in [-0.05, 0) is 52.9 Å². The first-order chi connectivity index (χ1) is 10.2. The maximum Gasteiger partial charge on any atom is 0.296 e. The number of nitrogens with one attached hydrogen (secondary N) is 2. The zero-order chi connectivity index (χ0) is 16.5. The standard InChI is InChI=1S/C12H9ClF2IN3O2S/c13-7-5-6(16)1-2-8(7)18-9-3-4-10(12(15)11(9)14)19-22(17,20)21/h1-5,18-19H,(H2,17,20,21). The first-order valence-electron chi connectivity index (χ1n) is 5.68. The van der Waals surface area contributed by atoms with Crippen molar-refractivity contribution in [3.05, 3.63) is 50.6 Å². The average molecular weight is 460 g/mol. The molecule has 4 N–H and O–H groups in total. The summed E-state index contributed by atoms with van der Waals surface area (Å²) in [7, 11) is -4.20. The highest BCUT2D eigenvalue weighted by Gasteiger charge is 2.16. The molecule has 0 atom stereocenters. The van der Waals surface area contributed by atoms with E-state index in [9.17, 15) is 17.2 Å². The topological polar surface area (TPSA) is 84.2 Å². The molecule has 0 saturated carbocycles. The first kappa shape index (κ1) is 17.2. The number of hydrogen-bond acceptors (Lipinski definition) is 3.